The van der Waals surface area contributed by atoms with E-state index in [1.165, 1.54) is 0 Å². The van der Waals surface area contributed by atoms with Gasteiger partial charge in [0.2, 0.25) is 11.7 Å². The number of rotatable bonds is 7. The van der Waals surface area contributed by atoms with E-state index in [4.69, 9.17) is 4.52 Å². The Morgan fingerprint density at radius 1 is 1.40 bits per heavy atom. The summed E-state index contributed by atoms with van der Waals surface area (Å²) in [5, 5.41) is 11.7. The first kappa shape index (κ1) is 14.7. The molecular formula is C14H23N5O. The summed E-state index contributed by atoms with van der Waals surface area (Å²) in [7, 11) is 1.87. The third-order valence-electron chi connectivity index (χ3n) is 3.08. The second kappa shape index (κ2) is 6.65. The summed E-state index contributed by atoms with van der Waals surface area (Å²) >= 11 is 0. The van der Waals surface area contributed by atoms with Gasteiger partial charge in [-0.15, -0.1) is 0 Å². The maximum Gasteiger partial charge on any atom is 0.228 e. The lowest BCUT2D eigenvalue weighted by Crippen LogP contribution is -2.32. The Kier molecular flexibility index (Phi) is 4.89. The molecule has 1 unspecified atom stereocenters. The van der Waals surface area contributed by atoms with Gasteiger partial charge in [-0.1, -0.05) is 25.9 Å². The third kappa shape index (κ3) is 3.90. The number of hydrogen-bond donors (Lipinski definition) is 1. The topological polar surface area (TPSA) is 68.8 Å². The molecule has 110 valence electrons. The maximum absolute atomic E-state index is 5.34. The van der Waals surface area contributed by atoms with Crippen LogP contribution in [0.3, 0.4) is 0 Å². The van der Waals surface area contributed by atoms with E-state index in [1.807, 2.05) is 19.3 Å². The molecule has 2 rings (SSSR count). The van der Waals surface area contributed by atoms with Gasteiger partial charge in [0.05, 0.1) is 0 Å². The van der Waals surface area contributed by atoms with E-state index in [0.717, 1.165) is 25.1 Å². The Bertz CT molecular complexity index is 531. The fourth-order valence-electron chi connectivity index (χ4n) is 2.28. The minimum atomic E-state index is 0.372. The summed E-state index contributed by atoms with van der Waals surface area (Å²) in [6, 6.07) is 2.25. The summed E-state index contributed by atoms with van der Waals surface area (Å²) in [4.78, 5) is 4.43. The molecule has 0 radical (unpaired) electrons. The zero-order valence-corrected chi connectivity index (χ0v) is 12.6. The Labute approximate surface area is 119 Å². The second-order valence-corrected chi connectivity index (χ2v) is 5.47. The second-order valence-electron chi connectivity index (χ2n) is 5.47. The third-order valence-corrected chi connectivity index (χ3v) is 3.08. The van der Waals surface area contributed by atoms with E-state index >= 15 is 0 Å². The largest absolute Gasteiger partial charge is 0.339 e. The first-order valence-electron chi connectivity index (χ1n) is 7.14. The number of aryl methyl sites for hydroxylation is 1. The van der Waals surface area contributed by atoms with Gasteiger partial charge < -0.3 is 9.84 Å². The van der Waals surface area contributed by atoms with E-state index in [9.17, 15) is 0 Å². The summed E-state index contributed by atoms with van der Waals surface area (Å²) in [6.45, 7) is 7.49. The Balaban J connectivity index is 2.04. The molecule has 0 bridgehead atoms. The molecule has 6 nitrogen and oxygen atoms in total. The predicted molar refractivity (Wildman–Crippen MR) is 77.1 cm³/mol. The molecule has 0 saturated carbocycles. The predicted octanol–water partition coefficient (Wildman–Crippen LogP) is 2.04. The lowest BCUT2D eigenvalue weighted by Gasteiger charge is -2.17. The van der Waals surface area contributed by atoms with Gasteiger partial charge >= 0.3 is 0 Å². The van der Waals surface area contributed by atoms with Crippen molar-refractivity contribution < 1.29 is 4.52 Å². The van der Waals surface area contributed by atoms with Gasteiger partial charge in [-0.3, -0.25) is 4.68 Å². The number of hydrogen-bond acceptors (Lipinski definition) is 5. The average Bonchev–Trinajstić information content (AvgIpc) is 2.97. The molecule has 0 saturated heterocycles. The highest BCUT2D eigenvalue weighted by molar-refractivity contribution is 5.46. The number of nitrogens with zero attached hydrogens (tertiary/aromatic N) is 4. The van der Waals surface area contributed by atoms with Crippen LogP contribution < -0.4 is 5.32 Å². The molecule has 0 aliphatic rings. The van der Waals surface area contributed by atoms with Crippen molar-refractivity contribution in [3.63, 3.8) is 0 Å². The van der Waals surface area contributed by atoms with E-state index in [1.54, 1.807) is 4.68 Å². The number of aromatic nitrogens is 4. The maximum atomic E-state index is 5.34. The molecule has 0 amide bonds. The van der Waals surface area contributed by atoms with Crippen molar-refractivity contribution in [2.24, 2.45) is 13.0 Å². The molecule has 20 heavy (non-hydrogen) atoms. The van der Waals surface area contributed by atoms with E-state index in [2.05, 4.69) is 41.3 Å². The first-order chi connectivity index (χ1) is 9.58. The van der Waals surface area contributed by atoms with Gasteiger partial charge in [0.1, 0.15) is 5.69 Å². The molecule has 0 aliphatic heterocycles. The van der Waals surface area contributed by atoms with Crippen LogP contribution in [0.4, 0.5) is 0 Å². The van der Waals surface area contributed by atoms with Crippen molar-refractivity contribution in [2.45, 2.75) is 39.7 Å². The van der Waals surface area contributed by atoms with E-state index in [-0.39, 0.29) is 0 Å². The lowest BCUT2D eigenvalue weighted by atomic mass is 10.0. The Morgan fingerprint density at radius 2 is 2.20 bits per heavy atom. The van der Waals surface area contributed by atoms with Crippen molar-refractivity contribution in [1.82, 2.24) is 25.2 Å². The van der Waals surface area contributed by atoms with Crippen LogP contribution in [0.15, 0.2) is 16.8 Å². The molecule has 0 fully saturated rings. The van der Waals surface area contributed by atoms with Crippen LogP contribution in [0.2, 0.25) is 0 Å². The lowest BCUT2D eigenvalue weighted by molar-refractivity contribution is 0.340. The van der Waals surface area contributed by atoms with Gasteiger partial charge in [0.25, 0.3) is 0 Å². The summed E-state index contributed by atoms with van der Waals surface area (Å²) in [5.41, 5.74) is 0.742. The zero-order chi connectivity index (χ0) is 14.5. The number of nitrogens with one attached hydrogen (secondary N) is 1. The van der Waals surface area contributed by atoms with Gasteiger partial charge in [-0.05, 0) is 24.9 Å². The van der Waals surface area contributed by atoms with Crippen LogP contribution in [0, 0.1) is 5.92 Å². The summed E-state index contributed by atoms with van der Waals surface area (Å²) < 4.78 is 7.06. The normalized spacial score (nSPS) is 13.1. The number of likely N-dealkylation sites (N-methyl/N-ethyl adjacent to an activating group) is 1. The molecule has 0 spiro atoms. The zero-order valence-electron chi connectivity index (χ0n) is 12.6. The smallest absolute Gasteiger partial charge is 0.228 e. The SMILES string of the molecule is CCNC(Cc1nc(-c2ccn(C)n2)no1)CC(C)C. The molecular weight excluding hydrogens is 254 g/mol. The molecule has 6 heteroatoms. The van der Waals surface area contributed by atoms with Crippen LogP contribution in [0.5, 0.6) is 0 Å². The average molecular weight is 277 g/mol. The standard InChI is InChI=1S/C14H23N5O/c1-5-15-11(8-10(2)3)9-13-16-14(18-20-13)12-6-7-19(4)17-12/h6-7,10-11,15H,5,8-9H2,1-4H3. The fourth-order valence-corrected chi connectivity index (χ4v) is 2.28. The minimum absolute atomic E-state index is 0.372. The molecule has 2 aromatic rings. The molecule has 1 N–H and O–H groups in total. The quantitative estimate of drug-likeness (QED) is 0.838. The van der Waals surface area contributed by atoms with Gasteiger partial charge in [0, 0.05) is 25.7 Å². The highest BCUT2D eigenvalue weighted by Gasteiger charge is 2.16. The first-order valence-corrected chi connectivity index (χ1v) is 7.14. The molecule has 0 aliphatic carbocycles. The molecule has 1 atom stereocenters. The van der Waals surface area contributed by atoms with Gasteiger partial charge in [-0.2, -0.15) is 10.1 Å². The van der Waals surface area contributed by atoms with Crippen LogP contribution >= 0.6 is 0 Å². The van der Waals surface area contributed by atoms with Crippen molar-refractivity contribution >= 4 is 0 Å². The van der Waals surface area contributed by atoms with E-state index < -0.39 is 0 Å². The monoisotopic (exact) mass is 277 g/mol. The van der Waals surface area contributed by atoms with Gasteiger partial charge in [-0.25, -0.2) is 0 Å². The van der Waals surface area contributed by atoms with Crippen LogP contribution in [-0.4, -0.2) is 32.5 Å². The van der Waals surface area contributed by atoms with Crippen LogP contribution in [0.25, 0.3) is 11.5 Å². The molecule has 0 aromatic carbocycles. The van der Waals surface area contributed by atoms with Crippen molar-refractivity contribution in [1.29, 1.82) is 0 Å². The van der Waals surface area contributed by atoms with Crippen LogP contribution in [0.1, 0.15) is 33.1 Å². The Hall–Kier alpha value is -1.69. The van der Waals surface area contributed by atoms with E-state index in [0.29, 0.717) is 23.7 Å². The van der Waals surface area contributed by atoms with Crippen molar-refractivity contribution in [2.75, 3.05) is 6.54 Å². The summed E-state index contributed by atoms with van der Waals surface area (Å²) in [5.74, 6) is 1.86. The highest BCUT2D eigenvalue weighted by atomic mass is 16.5. The molecule has 2 heterocycles. The van der Waals surface area contributed by atoms with Crippen LogP contribution in [-0.2, 0) is 13.5 Å². The Morgan fingerprint density at radius 3 is 2.80 bits per heavy atom. The highest BCUT2D eigenvalue weighted by Crippen LogP contribution is 2.15. The summed E-state index contributed by atoms with van der Waals surface area (Å²) in [6.07, 6.45) is 3.71. The van der Waals surface area contributed by atoms with Crippen molar-refractivity contribution in [3.8, 4) is 11.5 Å². The molecule has 2 aromatic heterocycles. The van der Waals surface area contributed by atoms with Crippen molar-refractivity contribution in [3.05, 3.63) is 18.2 Å². The van der Waals surface area contributed by atoms with Gasteiger partial charge in [0.15, 0.2) is 0 Å². The fraction of sp³-hybridized carbons (Fsp3) is 0.643. The minimum Gasteiger partial charge on any atom is -0.339 e.